The Hall–Kier alpha value is -3.02. The fourth-order valence-corrected chi connectivity index (χ4v) is 4.55. The second-order valence-corrected chi connectivity index (χ2v) is 7.94. The minimum Gasteiger partial charge on any atom is -0.497 e. The molecule has 1 atom stereocenters. The van der Waals surface area contributed by atoms with Crippen LogP contribution in [0.25, 0.3) is 0 Å². The summed E-state index contributed by atoms with van der Waals surface area (Å²) < 4.78 is 10.8. The summed E-state index contributed by atoms with van der Waals surface area (Å²) in [5.74, 6) is 1.76. The molecular weight excluding hydrogens is 380 g/mol. The predicted octanol–water partition coefficient (Wildman–Crippen LogP) is 4.28. The highest BCUT2D eigenvalue weighted by Crippen LogP contribution is 2.37. The molecule has 0 radical (unpaired) electrons. The SMILES string of the molecule is COc1ccc2c(c1)CCCC2CC(=O)Nc1ccc(N2CCCC2=O)c(OC)c1. The van der Waals surface area contributed by atoms with Gasteiger partial charge in [-0.3, -0.25) is 9.59 Å². The number of rotatable bonds is 6. The monoisotopic (exact) mass is 408 g/mol. The summed E-state index contributed by atoms with van der Waals surface area (Å²) in [6.07, 6.45) is 4.97. The lowest BCUT2D eigenvalue weighted by atomic mass is 9.81. The largest absolute Gasteiger partial charge is 0.497 e. The van der Waals surface area contributed by atoms with Crippen molar-refractivity contribution in [3.63, 3.8) is 0 Å². The molecular formula is C24H28N2O4. The van der Waals surface area contributed by atoms with Gasteiger partial charge in [0.1, 0.15) is 11.5 Å². The first-order valence-electron chi connectivity index (χ1n) is 10.5. The van der Waals surface area contributed by atoms with Crippen LogP contribution < -0.4 is 19.7 Å². The van der Waals surface area contributed by atoms with Gasteiger partial charge in [0.2, 0.25) is 11.8 Å². The lowest BCUT2D eigenvalue weighted by Gasteiger charge is -2.25. The molecule has 1 unspecified atom stereocenters. The smallest absolute Gasteiger partial charge is 0.227 e. The Labute approximate surface area is 177 Å². The number of carbonyl (C=O) groups excluding carboxylic acids is 2. The molecule has 1 aliphatic heterocycles. The Morgan fingerprint density at radius 2 is 1.97 bits per heavy atom. The quantitative estimate of drug-likeness (QED) is 0.775. The molecule has 1 saturated heterocycles. The Morgan fingerprint density at radius 1 is 1.10 bits per heavy atom. The Kier molecular flexibility index (Phi) is 5.93. The van der Waals surface area contributed by atoms with Crippen molar-refractivity contribution in [1.82, 2.24) is 0 Å². The summed E-state index contributed by atoms with van der Waals surface area (Å²) in [4.78, 5) is 26.6. The average molecular weight is 408 g/mol. The molecule has 158 valence electrons. The minimum atomic E-state index is -0.0179. The van der Waals surface area contributed by atoms with Crippen LogP contribution >= 0.6 is 0 Å². The molecule has 2 aliphatic rings. The minimum absolute atomic E-state index is 0.0179. The van der Waals surface area contributed by atoms with E-state index in [1.54, 1.807) is 25.2 Å². The zero-order valence-electron chi connectivity index (χ0n) is 17.6. The van der Waals surface area contributed by atoms with Gasteiger partial charge in [-0.15, -0.1) is 0 Å². The van der Waals surface area contributed by atoms with E-state index in [2.05, 4.69) is 17.4 Å². The van der Waals surface area contributed by atoms with Gasteiger partial charge in [-0.2, -0.15) is 0 Å². The highest BCUT2D eigenvalue weighted by Gasteiger charge is 2.26. The molecule has 0 saturated carbocycles. The van der Waals surface area contributed by atoms with Gasteiger partial charge in [0, 0.05) is 31.1 Å². The molecule has 4 rings (SSSR count). The van der Waals surface area contributed by atoms with Crippen LogP contribution in [-0.4, -0.2) is 32.6 Å². The summed E-state index contributed by atoms with van der Waals surface area (Å²) in [6.45, 7) is 0.701. The molecule has 30 heavy (non-hydrogen) atoms. The van der Waals surface area contributed by atoms with E-state index in [1.807, 2.05) is 18.2 Å². The van der Waals surface area contributed by atoms with Gasteiger partial charge < -0.3 is 19.7 Å². The lowest BCUT2D eigenvalue weighted by Crippen LogP contribution is -2.24. The molecule has 0 bridgehead atoms. The number of amides is 2. The predicted molar refractivity (Wildman–Crippen MR) is 117 cm³/mol. The summed E-state index contributed by atoms with van der Waals surface area (Å²) in [5, 5.41) is 3.00. The Morgan fingerprint density at radius 3 is 2.70 bits per heavy atom. The fraction of sp³-hybridized carbons (Fsp3) is 0.417. The molecule has 2 amide bonds. The van der Waals surface area contributed by atoms with Crippen molar-refractivity contribution < 1.29 is 19.1 Å². The van der Waals surface area contributed by atoms with Crippen LogP contribution in [0.2, 0.25) is 0 Å². The standard InChI is InChI=1S/C24H28N2O4/c1-29-19-9-10-20-16(13-19)5-3-6-17(20)14-23(27)25-18-8-11-21(22(15-18)30-2)26-12-4-7-24(26)28/h8-11,13,15,17H,3-7,12,14H2,1-2H3,(H,25,27). The van der Waals surface area contributed by atoms with Gasteiger partial charge in [0.25, 0.3) is 0 Å². The third-order valence-corrected chi connectivity index (χ3v) is 6.05. The number of hydrogen-bond acceptors (Lipinski definition) is 4. The first-order valence-corrected chi connectivity index (χ1v) is 10.5. The third-order valence-electron chi connectivity index (χ3n) is 6.05. The van der Waals surface area contributed by atoms with Crippen LogP contribution in [0.5, 0.6) is 11.5 Å². The summed E-state index contributed by atoms with van der Waals surface area (Å²) in [5.41, 5.74) is 3.96. The number of hydrogen-bond donors (Lipinski definition) is 1. The first-order chi connectivity index (χ1) is 14.6. The maximum Gasteiger partial charge on any atom is 0.227 e. The maximum absolute atomic E-state index is 12.8. The van der Waals surface area contributed by atoms with Gasteiger partial charge in [-0.05, 0) is 67.0 Å². The molecule has 1 N–H and O–H groups in total. The zero-order valence-corrected chi connectivity index (χ0v) is 17.6. The Balaban J connectivity index is 1.45. The van der Waals surface area contributed by atoms with E-state index in [0.29, 0.717) is 30.8 Å². The number of carbonyl (C=O) groups is 2. The number of nitrogens with one attached hydrogen (secondary N) is 1. The van der Waals surface area contributed by atoms with Crippen LogP contribution in [0.1, 0.15) is 49.1 Å². The third kappa shape index (κ3) is 4.13. The lowest BCUT2D eigenvalue weighted by molar-refractivity contribution is -0.117. The number of benzene rings is 2. The van der Waals surface area contributed by atoms with Gasteiger partial charge >= 0.3 is 0 Å². The van der Waals surface area contributed by atoms with E-state index in [1.165, 1.54) is 11.1 Å². The van der Waals surface area contributed by atoms with Crippen LogP contribution in [0.4, 0.5) is 11.4 Å². The zero-order chi connectivity index (χ0) is 21.1. The van der Waals surface area contributed by atoms with Crippen molar-refractivity contribution >= 4 is 23.2 Å². The van der Waals surface area contributed by atoms with Gasteiger partial charge in [-0.1, -0.05) is 6.07 Å². The van der Waals surface area contributed by atoms with Crippen LogP contribution in [0.15, 0.2) is 36.4 Å². The first kappa shape index (κ1) is 20.3. The van der Waals surface area contributed by atoms with Gasteiger partial charge in [0.05, 0.1) is 19.9 Å². The van der Waals surface area contributed by atoms with Crippen molar-refractivity contribution in [3.05, 3.63) is 47.5 Å². The van der Waals surface area contributed by atoms with Crippen molar-refractivity contribution in [1.29, 1.82) is 0 Å². The molecule has 6 nitrogen and oxygen atoms in total. The maximum atomic E-state index is 12.8. The van der Waals surface area contributed by atoms with Crippen molar-refractivity contribution in [2.75, 3.05) is 31.0 Å². The average Bonchev–Trinajstić information content (AvgIpc) is 3.19. The van der Waals surface area contributed by atoms with Crippen LogP contribution in [-0.2, 0) is 16.0 Å². The number of methoxy groups -OCH3 is 2. The van der Waals surface area contributed by atoms with Gasteiger partial charge in [0.15, 0.2) is 0 Å². The number of ether oxygens (including phenoxy) is 2. The summed E-state index contributed by atoms with van der Waals surface area (Å²) >= 11 is 0. The molecule has 6 heteroatoms. The van der Waals surface area contributed by atoms with Crippen LogP contribution in [0, 0.1) is 0 Å². The number of anilines is 2. The Bertz CT molecular complexity index is 956. The van der Waals surface area contributed by atoms with Gasteiger partial charge in [-0.25, -0.2) is 0 Å². The van der Waals surface area contributed by atoms with E-state index in [0.717, 1.165) is 37.1 Å². The molecule has 2 aromatic rings. The highest BCUT2D eigenvalue weighted by atomic mass is 16.5. The normalized spacial score (nSPS) is 18.1. The molecule has 1 heterocycles. The van der Waals surface area contributed by atoms with Crippen molar-refractivity contribution in [2.45, 2.75) is 44.4 Å². The second-order valence-electron chi connectivity index (χ2n) is 7.94. The topological polar surface area (TPSA) is 67.9 Å². The number of aryl methyl sites for hydroxylation is 1. The van der Waals surface area contributed by atoms with Crippen molar-refractivity contribution in [2.24, 2.45) is 0 Å². The molecule has 0 spiro atoms. The molecule has 1 fully saturated rings. The number of fused-ring (bicyclic) bond motifs is 1. The summed E-state index contributed by atoms with van der Waals surface area (Å²) in [7, 11) is 3.26. The molecule has 0 aromatic heterocycles. The second kappa shape index (κ2) is 8.78. The van der Waals surface area contributed by atoms with E-state index >= 15 is 0 Å². The fourth-order valence-electron chi connectivity index (χ4n) is 4.55. The summed E-state index contributed by atoms with van der Waals surface area (Å²) in [6, 6.07) is 11.6. The van der Waals surface area contributed by atoms with Crippen molar-refractivity contribution in [3.8, 4) is 11.5 Å². The number of nitrogens with zero attached hydrogens (tertiary/aromatic N) is 1. The van der Waals surface area contributed by atoms with E-state index in [9.17, 15) is 9.59 Å². The van der Waals surface area contributed by atoms with E-state index < -0.39 is 0 Å². The van der Waals surface area contributed by atoms with E-state index in [4.69, 9.17) is 9.47 Å². The molecule has 2 aromatic carbocycles. The molecule has 1 aliphatic carbocycles. The van der Waals surface area contributed by atoms with E-state index in [-0.39, 0.29) is 17.7 Å². The van der Waals surface area contributed by atoms with Crippen LogP contribution in [0.3, 0.4) is 0 Å². The highest BCUT2D eigenvalue weighted by molar-refractivity contribution is 5.98.